The topological polar surface area (TPSA) is 51.2 Å². The lowest BCUT2D eigenvalue weighted by Crippen LogP contribution is -2.32. The molecule has 3 atom stereocenters. The van der Waals surface area contributed by atoms with Gasteiger partial charge in [0.1, 0.15) is 0 Å². The predicted molar refractivity (Wildman–Crippen MR) is 81.6 cm³/mol. The second-order valence-corrected chi connectivity index (χ2v) is 7.55. The van der Waals surface area contributed by atoms with Gasteiger partial charge in [0, 0.05) is 17.9 Å². The fourth-order valence-corrected chi connectivity index (χ4v) is 4.16. The summed E-state index contributed by atoms with van der Waals surface area (Å²) in [6.45, 7) is 4.60. The summed E-state index contributed by atoms with van der Waals surface area (Å²) in [6.07, 6.45) is 9.77. The van der Waals surface area contributed by atoms with Crippen molar-refractivity contribution in [2.45, 2.75) is 77.0 Å². The van der Waals surface area contributed by atoms with E-state index >= 15 is 0 Å². The molecule has 112 valence electrons. The van der Waals surface area contributed by atoms with Crippen LogP contribution in [0.2, 0.25) is 0 Å². The first kappa shape index (κ1) is 14.2. The summed E-state index contributed by atoms with van der Waals surface area (Å²) in [5.41, 5.74) is 9.30. The van der Waals surface area contributed by atoms with E-state index in [0.717, 1.165) is 32.1 Å². The highest BCUT2D eigenvalue weighted by Gasteiger charge is 2.34. The summed E-state index contributed by atoms with van der Waals surface area (Å²) in [5.74, 6) is 0. The van der Waals surface area contributed by atoms with Crippen molar-refractivity contribution in [3.8, 4) is 0 Å². The van der Waals surface area contributed by atoms with E-state index < -0.39 is 0 Å². The smallest absolute Gasteiger partial charge is 0.0747 e. The van der Waals surface area contributed by atoms with Crippen LogP contribution in [-0.2, 0) is 6.42 Å². The minimum Gasteiger partial charge on any atom is -0.391 e. The molecule has 0 spiro atoms. The summed E-state index contributed by atoms with van der Waals surface area (Å²) in [7, 11) is 0. The number of fused-ring (bicyclic) bond motifs is 1. The molecule has 3 rings (SSSR count). The van der Waals surface area contributed by atoms with Crippen LogP contribution in [-0.4, -0.2) is 15.8 Å². The van der Waals surface area contributed by atoms with Crippen molar-refractivity contribution in [1.29, 1.82) is 0 Å². The largest absolute Gasteiger partial charge is 0.391 e. The van der Waals surface area contributed by atoms with Gasteiger partial charge in [-0.2, -0.15) is 0 Å². The van der Waals surface area contributed by atoms with Gasteiger partial charge >= 0.3 is 0 Å². The van der Waals surface area contributed by atoms with Crippen LogP contribution in [0.5, 0.6) is 0 Å². The van der Waals surface area contributed by atoms with Crippen molar-refractivity contribution in [3.63, 3.8) is 0 Å². The lowest BCUT2D eigenvalue weighted by Gasteiger charge is -2.36. The highest BCUT2D eigenvalue weighted by atomic mass is 16.3. The van der Waals surface area contributed by atoms with Crippen molar-refractivity contribution in [2.24, 2.45) is 11.1 Å². The molecule has 3 unspecified atom stereocenters. The number of nitrogens with zero attached hydrogens (tertiary/aromatic N) is 1. The number of hydrogen-bond donors (Lipinski definition) is 2. The molecule has 1 heterocycles. The molecule has 1 saturated carbocycles. The van der Waals surface area contributed by atoms with E-state index in [4.69, 9.17) is 5.73 Å². The molecule has 0 aromatic carbocycles. The Bertz CT molecular complexity index is 477. The Morgan fingerprint density at radius 2 is 2.00 bits per heavy atom. The number of hydrogen-bond acceptors (Lipinski definition) is 2. The lowest BCUT2D eigenvalue weighted by molar-refractivity contribution is 0.102. The van der Waals surface area contributed by atoms with Gasteiger partial charge in [-0.15, -0.1) is 0 Å². The minimum absolute atomic E-state index is 0.151. The third-order valence-corrected chi connectivity index (χ3v) is 5.18. The van der Waals surface area contributed by atoms with E-state index in [1.54, 1.807) is 0 Å². The standard InChI is InChI=1S/C17H28N2O/c1-17(2)10-13(18)12-8-9-19(15(12)11-17)14-6-4-3-5-7-16(14)20/h8-9,13-14,16,20H,3-7,10-11,18H2,1-2H3. The number of aromatic nitrogens is 1. The monoisotopic (exact) mass is 276 g/mol. The molecule has 0 bridgehead atoms. The van der Waals surface area contributed by atoms with Crippen LogP contribution < -0.4 is 5.73 Å². The fourth-order valence-electron chi connectivity index (χ4n) is 4.16. The van der Waals surface area contributed by atoms with E-state index in [1.807, 2.05) is 0 Å². The van der Waals surface area contributed by atoms with Gasteiger partial charge in [0.05, 0.1) is 12.1 Å². The second-order valence-electron chi connectivity index (χ2n) is 7.55. The number of nitrogens with two attached hydrogens (primary N) is 1. The Morgan fingerprint density at radius 1 is 1.25 bits per heavy atom. The number of rotatable bonds is 1. The molecular formula is C17H28N2O. The predicted octanol–water partition coefficient (Wildman–Crippen LogP) is 3.33. The van der Waals surface area contributed by atoms with E-state index in [2.05, 4.69) is 30.7 Å². The molecule has 1 aromatic rings. The summed E-state index contributed by atoms with van der Waals surface area (Å²) in [4.78, 5) is 0. The molecule has 3 nitrogen and oxygen atoms in total. The summed E-state index contributed by atoms with van der Waals surface area (Å²) >= 11 is 0. The Kier molecular flexibility index (Phi) is 3.67. The van der Waals surface area contributed by atoms with Gasteiger partial charge in [-0.1, -0.05) is 33.1 Å². The van der Waals surface area contributed by atoms with Gasteiger partial charge in [-0.3, -0.25) is 0 Å². The van der Waals surface area contributed by atoms with Crippen LogP contribution in [0, 0.1) is 5.41 Å². The van der Waals surface area contributed by atoms with Crippen LogP contribution in [0.4, 0.5) is 0 Å². The van der Waals surface area contributed by atoms with Gasteiger partial charge in [0.15, 0.2) is 0 Å². The average Bonchev–Trinajstić information content (AvgIpc) is 2.64. The van der Waals surface area contributed by atoms with Gasteiger partial charge in [0.2, 0.25) is 0 Å². The maximum Gasteiger partial charge on any atom is 0.0747 e. The summed E-state index contributed by atoms with van der Waals surface area (Å²) < 4.78 is 2.35. The molecule has 1 fully saturated rings. The molecule has 0 saturated heterocycles. The quantitative estimate of drug-likeness (QED) is 0.773. The second kappa shape index (κ2) is 5.19. The van der Waals surface area contributed by atoms with Crippen LogP contribution in [0.1, 0.15) is 75.7 Å². The third-order valence-electron chi connectivity index (χ3n) is 5.18. The van der Waals surface area contributed by atoms with Gasteiger partial charge in [-0.05, 0) is 42.7 Å². The van der Waals surface area contributed by atoms with Crippen LogP contribution in [0.25, 0.3) is 0 Å². The molecular weight excluding hydrogens is 248 g/mol. The Balaban J connectivity index is 1.95. The normalized spacial score (nSPS) is 33.5. The van der Waals surface area contributed by atoms with Gasteiger partial charge < -0.3 is 15.4 Å². The molecule has 0 radical (unpaired) electrons. The first-order valence-electron chi connectivity index (χ1n) is 8.11. The average molecular weight is 276 g/mol. The molecule has 0 amide bonds. The molecule has 3 heteroatoms. The van der Waals surface area contributed by atoms with E-state index in [0.29, 0.717) is 0 Å². The van der Waals surface area contributed by atoms with Gasteiger partial charge in [-0.25, -0.2) is 0 Å². The SMILES string of the molecule is CC1(C)Cc2c(ccn2C2CCCCCC2O)C(N)C1. The third kappa shape index (κ3) is 2.53. The Hall–Kier alpha value is -0.800. The van der Waals surface area contributed by atoms with Crippen molar-refractivity contribution in [2.75, 3.05) is 0 Å². The van der Waals surface area contributed by atoms with E-state index in [1.165, 1.54) is 24.1 Å². The number of aliphatic hydroxyl groups is 1. The maximum atomic E-state index is 10.5. The maximum absolute atomic E-state index is 10.5. The van der Waals surface area contributed by atoms with Crippen LogP contribution in [0.15, 0.2) is 12.3 Å². The van der Waals surface area contributed by atoms with Crippen LogP contribution >= 0.6 is 0 Å². The first-order valence-corrected chi connectivity index (χ1v) is 8.11. The van der Waals surface area contributed by atoms with Crippen LogP contribution in [0.3, 0.4) is 0 Å². The van der Waals surface area contributed by atoms with Crippen molar-refractivity contribution in [3.05, 3.63) is 23.5 Å². The Morgan fingerprint density at radius 3 is 2.80 bits per heavy atom. The zero-order valence-corrected chi connectivity index (χ0v) is 12.8. The summed E-state index contributed by atoms with van der Waals surface area (Å²) in [5, 5.41) is 10.5. The molecule has 2 aliphatic carbocycles. The van der Waals surface area contributed by atoms with Crippen molar-refractivity contribution in [1.82, 2.24) is 4.57 Å². The van der Waals surface area contributed by atoms with E-state index in [9.17, 15) is 5.11 Å². The van der Waals surface area contributed by atoms with E-state index in [-0.39, 0.29) is 23.6 Å². The Labute approximate surface area is 122 Å². The minimum atomic E-state index is -0.199. The molecule has 2 aliphatic rings. The highest BCUT2D eigenvalue weighted by Crippen LogP contribution is 2.42. The van der Waals surface area contributed by atoms with Crippen molar-refractivity contribution >= 4 is 0 Å². The first-order chi connectivity index (χ1) is 9.48. The molecule has 1 aromatic heterocycles. The fraction of sp³-hybridized carbons (Fsp3) is 0.765. The lowest BCUT2D eigenvalue weighted by atomic mass is 9.74. The molecule has 20 heavy (non-hydrogen) atoms. The van der Waals surface area contributed by atoms with Crippen molar-refractivity contribution < 1.29 is 5.11 Å². The zero-order chi connectivity index (χ0) is 14.3. The summed E-state index contributed by atoms with van der Waals surface area (Å²) in [6, 6.07) is 2.59. The zero-order valence-electron chi connectivity index (χ0n) is 12.8. The number of aliphatic hydroxyl groups excluding tert-OH is 1. The van der Waals surface area contributed by atoms with Gasteiger partial charge in [0.25, 0.3) is 0 Å². The highest BCUT2D eigenvalue weighted by molar-refractivity contribution is 5.31. The molecule has 0 aliphatic heterocycles. The molecule has 3 N–H and O–H groups in total.